The zero-order valence-electron chi connectivity index (χ0n) is 15.7. The maximum Gasteiger partial charge on any atom is 0.237 e. The van der Waals surface area contributed by atoms with Crippen LogP contribution < -0.4 is 0 Å². The van der Waals surface area contributed by atoms with Gasteiger partial charge in [-0.2, -0.15) is 0 Å². The number of nitrogens with zero attached hydrogens (tertiary/aromatic N) is 2. The first kappa shape index (κ1) is 18.0. The topological polar surface area (TPSA) is 43.8 Å². The highest BCUT2D eigenvalue weighted by Gasteiger charge is 2.53. The van der Waals surface area contributed by atoms with Crippen LogP contribution in [0, 0.1) is 0 Å². The lowest BCUT2D eigenvalue weighted by molar-refractivity contribution is -0.162. The quantitative estimate of drug-likeness (QED) is 0.889. The number of aliphatic hydroxyl groups is 1. The van der Waals surface area contributed by atoms with E-state index in [1.54, 1.807) is 0 Å². The molecule has 2 aromatic carbocycles. The highest BCUT2D eigenvalue weighted by molar-refractivity contribution is 5.81. The van der Waals surface area contributed by atoms with Crippen LogP contribution in [-0.2, 0) is 11.3 Å². The number of rotatable bonds is 5. The van der Waals surface area contributed by atoms with Crippen molar-refractivity contribution in [3.05, 3.63) is 77.4 Å². The van der Waals surface area contributed by atoms with E-state index in [9.17, 15) is 9.90 Å². The molecule has 2 heterocycles. The summed E-state index contributed by atoms with van der Waals surface area (Å²) in [6.45, 7) is 4.08. The molecule has 0 radical (unpaired) electrons. The normalized spacial score (nSPS) is 25.5. The Bertz CT molecular complexity index is 816. The summed E-state index contributed by atoms with van der Waals surface area (Å²) in [6, 6.07) is 18.8. The SMILES string of the molecule is CC=Cc1ccc([C@@H]2[C@H](CO)N3C(=O)CN(Cc4ccccc4)C[C@@H]23)cc1. The summed E-state index contributed by atoms with van der Waals surface area (Å²) in [5.74, 6) is 0.320. The molecule has 3 atom stereocenters. The Kier molecular flexibility index (Phi) is 5.10. The number of carbonyl (C=O) groups is 1. The number of hydrogen-bond donors (Lipinski definition) is 1. The number of aliphatic hydroxyl groups excluding tert-OH is 1. The number of carbonyl (C=O) groups excluding carboxylic acids is 1. The summed E-state index contributed by atoms with van der Waals surface area (Å²) in [4.78, 5) is 16.8. The minimum atomic E-state index is -0.103. The van der Waals surface area contributed by atoms with E-state index in [4.69, 9.17) is 0 Å². The van der Waals surface area contributed by atoms with Gasteiger partial charge in [-0.25, -0.2) is 0 Å². The lowest BCUT2D eigenvalue weighted by atomic mass is 9.73. The highest BCUT2D eigenvalue weighted by Crippen LogP contribution is 2.43. The molecule has 4 rings (SSSR count). The Labute approximate surface area is 160 Å². The fourth-order valence-corrected chi connectivity index (χ4v) is 4.55. The summed E-state index contributed by atoms with van der Waals surface area (Å²) < 4.78 is 0. The van der Waals surface area contributed by atoms with Crippen molar-refractivity contribution in [3.63, 3.8) is 0 Å². The van der Waals surface area contributed by atoms with Gasteiger partial charge in [-0.15, -0.1) is 0 Å². The van der Waals surface area contributed by atoms with E-state index in [1.165, 1.54) is 16.7 Å². The molecule has 140 valence electrons. The van der Waals surface area contributed by atoms with Crippen molar-refractivity contribution in [1.82, 2.24) is 9.80 Å². The molecular formula is C23H26N2O2. The van der Waals surface area contributed by atoms with E-state index in [1.807, 2.05) is 36.1 Å². The second-order valence-corrected chi connectivity index (χ2v) is 7.47. The van der Waals surface area contributed by atoms with Gasteiger partial charge in [0.15, 0.2) is 0 Å². The smallest absolute Gasteiger partial charge is 0.237 e. The van der Waals surface area contributed by atoms with Crippen LogP contribution in [0.1, 0.15) is 29.5 Å². The molecule has 2 aliphatic rings. The Hall–Kier alpha value is -2.43. The fraction of sp³-hybridized carbons (Fsp3) is 0.348. The van der Waals surface area contributed by atoms with Gasteiger partial charge in [0.2, 0.25) is 5.91 Å². The van der Waals surface area contributed by atoms with Crippen molar-refractivity contribution in [2.24, 2.45) is 0 Å². The Balaban J connectivity index is 1.53. The Morgan fingerprint density at radius 1 is 1.11 bits per heavy atom. The van der Waals surface area contributed by atoms with Gasteiger partial charge in [-0.1, -0.05) is 66.7 Å². The minimum Gasteiger partial charge on any atom is -0.394 e. The van der Waals surface area contributed by atoms with Crippen molar-refractivity contribution < 1.29 is 9.90 Å². The summed E-state index contributed by atoms with van der Waals surface area (Å²) in [6.07, 6.45) is 4.10. The Morgan fingerprint density at radius 2 is 1.85 bits per heavy atom. The molecule has 0 unspecified atom stereocenters. The molecule has 0 spiro atoms. The molecule has 1 amide bonds. The van der Waals surface area contributed by atoms with E-state index in [0.717, 1.165) is 13.1 Å². The van der Waals surface area contributed by atoms with Crippen molar-refractivity contribution in [3.8, 4) is 0 Å². The average molecular weight is 362 g/mol. The van der Waals surface area contributed by atoms with E-state index in [-0.39, 0.29) is 30.5 Å². The van der Waals surface area contributed by atoms with Gasteiger partial charge in [0.05, 0.1) is 25.2 Å². The van der Waals surface area contributed by atoms with Crippen LogP contribution >= 0.6 is 0 Å². The number of benzene rings is 2. The third kappa shape index (κ3) is 3.43. The second-order valence-electron chi connectivity index (χ2n) is 7.47. The van der Waals surface area contributed by atoms with Crippen LogP contribution in [0.3, 0.4) is 0 Å². The molecule has 0 aromatic heterocycles. The molecule has 2 fully saturated rings. The van der Waals surface area contributed by atoms with Crippen LogP contribution in [0.4, 0.5) is 0 Å². The van der Waals surface area contributed by atoms with Gasteiger partial charge >= 0.3 is 0 Å². The number of allylic oxidation sites excluding steroid dienone is 1. The van der Waals surface area contributed by atoms with Crippen LogP contribution in [0.15, 0.2) is 60.7 Å². The fourth-order valence-electron chi connectivity index (χ4n) is 4.55. The van der Waals surface area contributed by atoms with Crippen molar-refractivity contribution in [2.45, 2.75) is 31.5 Å². The number of amides is 1. The molecule has 2 saturated heterocycles. The molecule has 0 aliphatic carbocycles. The zero-order chi connectivity index (χ0) is 18.8. The standard InChI is InChI=1S/C23H26N2O2/c1-2-6-17-9-11-19(12-10-17)23-20-14-24(13-18-7-4-3-5-8-18)15-22(27)25(20)21(23)16-26/h2-12,20-21,23,26H,13-16H2,1H3/t20-,21-,23-/m0/s1. The first-order valence-corrected chi connectivity index (χ1v) is 9.62. The van der Waals surface area contributed by atoms with Crippen LogP contribution in [0.5, 0.6) is 0 Å². The number of hydrogen-bond acceptors (Lipinski definition) is 3. The zero-order valence-corrected chi connectivity index (χ0v) is 15.7. The van der Waals surface area contributed by atoms with Gasteiger partial charge in [-0.05, 0) is 23.6 Å². The number of fused-ring (bicyclic) bond motifs is 1. The average Bonchev–Trinajstić information content (AvgIpc) is 2.66. The third-order valence-corrected chi connectivity index (χ3v) is 5.75. The first-order valence-electron chi connectivity index (χ1n) is 9.62. The Morgan fingerprint density at radius 3 is 2.52 bits per heavy atom. The predicted molar refractivity (Wildman–Crippen MR) is 107 cm³/mol. The molecule has 0 bridgehead atoms. The molecule has 1 N–H and O–H groups in total. The maximum absolute atomic E-state index is 12.7. The molecule has 0 saturated carbocycles. The molecule has 2 aromatic rings. The van der Waals surface area contributed by atoms with Crippen molar-refractivity contribution in [2.75, 3.05) is 19.7 Å². The molecular weight excluding hydrogens is 336 g/mol. The molecule has 27 heavy (non-hydrogen) atoms. The van der Waals surface area contributed by atoms with Crippen LogP contribution in [-0.4, -0.2) is 52.6 Å². The van der Waals surface area contributed by atoms with E-state index >= 15 is 0 Å². The minimum absolute atomic E-state index is 0.0161. The summed E-state index contributed by atoms with van der Waals surface area (Å²) >= 11 is 0. The van der Waals surface area contributed by atoms with Gasteiger partial charge in [0, 0.05) is 19.0 Å². The molecule has 2 aliphatic heterocycles. The van der Waals surface area contributed by atoms with Gasteiger partial charge in [0.1, 0.15) is 0 Å². The second kappa shape index (κ2) is 7.67. The maximum atomic E-state index is 12.7. The predicted octanol–water partition coefficient (Wildman–Crippen LogP) is 2.89. The molecule has 4 heteroatoms. The summed E-state index contributed by atoms with van der Waals surface area (Å²) in [5, 5.41) is 9.90. The number of piperazine rings is 1. The lowest BCUT2D eigenvalue weighted by Crippen LogP contribution is -2.72. The third-order valence-electron chi connectivity index (χ3n) is 5.75. The van der Waals surface area contributed by atoms with Crippen LogP contribution in [0.25, 0.3) is 6.08 Å². The van der Waals surface area contributed by atoms with Crippen molar-refractivity contribution in [1.29, 1.82) is 0 Å². The van der Waals surface area contributed by atoms with E-state index < -0.39 is 0 Å². The van der Waals surface area contributed by atoms with E-state index in [2.05, 4.69) is 47.4 Å². The lowest BCUT2D eigenvalue weighted by Gasteiger charge is -2.59. The first-order chi connectivity index (χ1) is 13.2. The summed E-state index contributed by atoms with van der Waals surface area (Å²) in [7, 11) is 0. The monoisotopic (exact) mass is 362 g/mol. The highest BCUT2D eigenvalue weighted by atomic mass is 16.3. The largest absolute Gasteiger partial charge is 0.394 e. The molecule has 4 nitrogen and oxygen atoms in total. The van der Waals surface area contributed by atoms with Gasteiger partial charge < -0.3 is 10.0 Å². The van der Waals surface area contributed by atoms with Gasteiger partial charge in [-0.3, -0.25) is 9.69 Å². The summed E-state index contributed by atoms with van der Waals surface area (Å²) in [5.41, 5.74) is 3.60. The van der Waals surface area contributed by atoms with E-state index in [0.29, 0.717) is 6.54 Å². The van der Waals surface area contributed by atoms with Crippen molar-refractivity contribution >= 4 is 12.0 Å². The van der Waals surface area contributed by atoms with Crippen LogP contribution in [0.2, 0.25) is 0 Å². The van der Waals surface area contributed by atoms with Gasteiger partial charge in [0.25, 0.3) is 0 Å².